The molecule has 0 spiro atoms. The van der Waals surface area contributed by atoms with Crippen molar-refractivity contribution >= 4 is 59.5 Å². The number of hydrogen-bond donors (Lipinski definition) is 1. The molecule has 0 fully saturated rings. The van der Waals surface area contributed by atoms with Crippen LogP contribution in [-0.2, 0) is 16.4 Å². The summed E-state index contributed by atoms with van der Waals surface area (Å²) in [5, 5.41) is 6.42. The van der Waals surface area contributed by atoms with Crippen LogP contribution in [0.2, 0.25) is 0 Å². The second-order valence-corrected chi connectivity index (χ2v) is 14.8. The van der Waals surface area contributed by atoms with E-state index in [1.54, 1.807) is 41.8 Å². The van der Waals surface area contributed by atoms with Gasteiger partial charge in [-0.15, -0.1) is 11.3 Å². The molecule has 0 amide bonds. The van der Waals surface area contributed by atoms with Gasteiger partial charge in [0.05, 0.1) is 27.5 Å². The van der Waals surface area contributed by atoms with E-state index in [2.05, 4.69) is 36.2 Å². The van der Waals surface area contributed by atoms with E-state index in [1.807, 2.05) is 31.0 Å². The number of anilines is 2. The summed E-state index contributed by atoms with van der Waals surface area (Å²) in [4.78, 5) is 19.3. The third kappa shape index (κ3) is 7.67. The van der Waals surface area contributed by atoms with E-state index in [-0.39, 0.29) is 41.4 Å². The Morgan fingerprint density at radius 1 is 1.02 bits per heavy atom. The largest absolute Gasteiger partial charge is 0.488 e. The molecule has 6 aromatic rings. The molecular formula is C34H29BrF2N6O3S2. The maximum atomic E-state index is 15.4. The minimum absolute atomic E-state index is 0.0449. The lowest BCUT2D eigenvalue weighted by molar-refractivity contribution is 0.276. The van der Waals surface area contributed by atoms with E-state index in [0.29, 0.717) is 43.9 Å². The molecule has 0 saturated carbocycles. The first kappa shape index (κ1) is 33.5. The number of aromatic nitrogens is 4. The number of thiazole rings is 1. The molecule has 3 aromatic carbocycles. The van der Waals surface area contributed by atoms with Crippen LogP contribution < -0.4 is 10.1 Å². The third-order valence-electron chi connectivity index (χ3n) is 7.69. The molecule has 3 aromatic heterocycles. The molecule has 246 valence electrons. The van der Waals surface area contributed by atoms with Crippen molar-refractivity contribution in [3.8, 4) is 17.0 Å². The van der Waals surface area contributed by atoms with E-state index in [0.717, 1.165) is 5.01 Å². The van der Waals surface area contributed by atoms with Gasteiger partial charge in [0.2, 0.25) is 0 Å². The van der Waals surface area contributed by atoms with Crippen LogP contribution in [0.15, 0.2) is 100 Å². The molecule has 14 heteroatoms. The van der Waals surface area contributed by atoms with Crippen LogP contribution in [-0.4, -0.2) is 52.6 Å². The Bertz CT molecular complexity index is 2190. The Labute approximate surface area is 288 Å². The van der Waals surface area contributed by atoms with Crippen LogP contribution in [0.25, 0.3) is 22.2 Å². The second kappa shape index (κ2) is 14.4. The highest BCUT2D eigenvalue weighted by molar-refractivity contribution is 9.10. The Kier molecular flexibility index (Phi) is 10.1. The Balaban J connectivity index is 1.17. The lowest BCUT2D eigenvalue weighted by Gasteiger charge is -2.22. The molecule has 48 heavy (non-hydrogen) atoms. The molecular weight excluding hydrogens is 722 g/mol. The second-order valence-electron chi connectivity index (χ2n) is 11.0. The fourth-order valence-corrected chi connectivity index (χ4v) is 7.56. The highest BCUT2D eigenvalue weighted by Gasteiger charge is 2.22. The van der Waals surface area contributed by atoms with Crippen molar-refractivity contribution in [2.45, 2.75) is 24.6 Å². The summed E-state index contributed by atoms with van der Waals surface area (Å²) in [5.74, 6) is 0.151. The van der Waals surface area contributed by atoms with Crippen LogP contribution in [0.4, 0.5) is 20.3 Å². The zero-order valence-corrected chi connectivity index (χ0v) is 29.0. The highest BCUT2D eigenvalue weighted by Crippen LogP contribution is 2.35. The maximum Gasteiger partial charge on any atom is 0.196 e. The molecule has 0 aliphatic carbocycles. The molecule has 9 nitrogen and oxygen atoms in total. The average molecular weight is 752 g/mol. The fourth-order valence-electron chi connectivity index (χ4n) is 4.88. The van der Waals surface area contributed by atoms with Crippen molar-refractivity contribution in [1.82, 2.24) is 24.8 Å². The van der Waals surface area contributed by atoms with Crippen molar-refractivity contribution in [1.29, 1.82) is 0 Å². The Morgan fingerprint density at radius 2 is 1.88 bits per heavy atom. The van der Waals surface area contributed by atoms with Gasteiger partial charge in [-0.05, 0) is 84.0 Å². The van der Waals surface area contributed by atoms with Gasteiger partial charge in [-0.3, -0.25) is 4.90 Å². The number of hydrogen-bond acceptors (Lipinski definition) is 10. The molecule has 1 N–H and O–H groups in total. The van der Waals surface area contributed by atoms with Crippen molar-refractivity contribution in [3.05, 3.63) is 117 Å². The first-order chi connectivity index (χ1) is 23.1. The number of ether oxygens (including phenoxy) is 1. The summed E-state index contributed by atoms with van der Waals surface area (Å²) in [6.45, 7) is 2.40. The van der Waals surface area contributed by atoms with Crippen LogP contribution in [0.1, 0.15) is 23.5 Å². The van der Waals surface area contributed by atoms with Crippen LogP contribution in [0.5, 0.6) is 5.75 Å². The summed E-state index contributed by atoms with van der Waals surface area (Å²) in [6, 6.07) is 19.3. The first-order valence-electron chi connectivity index (χ1n) is 14.8. The monoisotopic (exact) mass is 750 g/mol. The number of pyridine rings is 1. The van der Waals surface area contributed by atoms with Crippen molar-refractivity contribution in [2.24, 2.45) is 0 Å². The van der Waals surface area contributed by atoms with Crippen molar-refractivity contribution in [3.63, 3.8) is 0 Å². The van der Waals surface area contributed by atoms with Gasteiger partial charge in [0.1, 0.15) is 41.1 Å². The van der Waals surface area contributed by atoms with Gasteiger partial charge in [0, 0.05) is 40.8 Å². The molecule has 0 bridgehead atoms. The predicted octanol–water partition coefficient (Wildman–Crippen LogP) is 7.98. The van der Waals surface area contributed by atoms with Gasteiger partial charge >= 0.3 is 0 Å². The normalized spacial score (nSPS) is 12.4. The third-order valence-corrected chi connectivity index (χ3v) is 10.9. The van der Waals surface area contributed by atoms with Crippen LogP contribution in [0, 0.1) is 11.6 Å². The SMILES string of the molecule is CC(c1nc(-c2cc3c(Nc4ccc(OCc5cccc(F)c5)c(Br)c4)ncnc3cc2F)cs1)N(C)CCS(=O)(=O)c1ccccn1. The zero-order valence-electron chi connectivity index (χ0n) is 25.8. The van der Waals surface area contributed by atoms with E-state index >= 15 is 4.39 Å². The lowest BCUT2D eigenvalue weighted by atomic mass is 10.1. The fraction of sp³-hybridized carbons (Fsp3) is 0.176. The smallest absolute Gasteiger partial charge is 0.196 e. The number of nitrogens with one attached hydrogen (secondary N) is 1. The Hall–Kier alpha value is -4.37. The summed E-state index contributed by atoms with van der Waals surface area (Å²) >= 11 is 4.91. The number of sulfone groups is 1. The molecule has 1 atom stereocenters. The standard InChI is InChI=1S/C34H29BrF2N6O3S2/c1-21(43(2)12-13-48(44,45)32-8-3-4-11-38-32)34-42-30(19-47-34)25-16-26-29(17-28(25)37)39-20-40-33(26)41-24-9-10-31(27(35)15-24)46-18-22-6-5-7-23(36)14-22/h3-11,14-17,19-21H,12-13,18H2,1-2H3,(H,39,40,41). The van der Waals surface area contributed by atoms with Gasteiger partial charge in [0.25, 0.3) is 0 Å². The summed E-state index contributed by atoms with van der Waals surface area (Å²) in [5.41, 5.74) is 2.57. The predicted molar refractivity (Wildman–Crippen MR) is 186 cm³/mol. The van der Waals surface area contributed by atoms with Crippen LogP contribution >= 0.6 is 27.3 Å². The van der Waals surface area contributed by atoms with Gasteiger partial charge in [-0.2, -0.15) is 0 Å². The van der Waals surface area contributed by atoms with Crippen molar-refractivity contribution < 1.29 is 21.9 Å². The molecule has 3 heterocycles. The topological polar surface area (TPSA) is 110 Å². The van der Waals surface area contributed by atoms with Gasteiger partial charge in [-0.25, -0.2) is 37.1 Å². The highest BCUT2D eigenvalue weighted by atomic mass is 79.9. The number of rotatable bonds is 12. The molecule has 6 rings (SSSR count). The zero-order chi connectivity index (χ0) is 33.8. The molecule has 0 radical (unpaired) electrons. The van der Waals surface area contributed by atoms with Crippen LogP contribution in [0.3, 0.4) is 0 Å². The molecule has 0 aliphatic heterocycles. The van der Waals surface area contributed by atoms with Gasteiger partial charge in [-0.1, -0.05) is 18.2 Å². The van der Waals surface area contributed by atoms with Gasteiger partial charge < -0.3 is 10.1 Å². The van der Waals surface area contributed by atoms with Crippen molar-refractivity contribution in [2.75, 3.05) is 24.7 Å². The van der Waals surface area contributed by atoms with E-state index in [4.69, 9.17) is 9.72 Å². The van der Waals surface area contributed by atoms with Gasteiger partial charge in [0.15, 0.2) is 14.9 Å². The summed E-state index contributed by atoms with van der Waals surface area (Å²) in [6.07, 6.45) is 2.82. The van der Waals surface area contributed by atoms with E-state index in [9.17, 15) is 12.8 Å². The minimum Gasteiger partial charge on any atom is -0.488 e. The first-order valence-corrected chi connectivity index (χ1v) is 18.1. The number of halogens is 3. The molecule has 0 saturated heterocycles. The minimum atomic E-state index is -3.54. The van der Waals surface area contributed by atoms with E-state index < -0.39 is 15.7 Å². The number of benzene rings is 3. The average Bonchev–Trinajstić information content (AvgIpc) is 3.57. The lowest BCUT2D eigenvalue weighted by Crippen LogP contribution is -2.28. The molecule has 0 aliphatic rings. The summed E-state index contributed by atoms with van der Waals surface area (Å²) in [7, 11) is -1.71. The quantitative estimate of drug-likeness (QED) is 0.133. The Morgan fingerprint density at radius 3 is 2.65 bits per heavy atom. The number of nitrogens with zero attached hydrogens (tertiary/aromatic N) is 5. The summed E-state index contributed by atoms with van der Waals surface area (Å²) < 4.78 is 60.9. The van der Waals surface area contributed by atoms with E-state index in [1.165, 1.54) is 48.1 Å². The number of fused-ring (bicyclic) bond motifs is 1. The molecule has 1 unspecified atom stereocenters. The maximum absolute atomic E-state index is 15.4.